The van der Waals surface area contributed by atoms with Crippen LogP contribution >= 0.6 is 0 Å². The lowest BCUT2D eigenvalue weighted by Gasteiger charge is -2.15. The maximum atomic E-state index is 11.8. The largest absolute Gasteiger partial charge is 0.375 e. The van der Waals surface area contributed by atoms with Crippen LogP contribution in [-0.4, -0.2) is 57.8 Å². The Morgan fingerprint density at radius 2 is 2.30 bits per heavy atom. The molecule has 0 bridgehead atoms. The third-order valence-electron chi connectivity index (χ3n) is 4.06. The number of likely N-dealkylation sites (tertiary alicyclic amines) is 1. The highest BCUT2D eigenvalue weighted by Gasteiger charge is 2.26. The van der Waals surface area contributed by atoms with E-state index in [2.05, 4.69) is 20.2 Å². The number of aromatic nitrogens is 4. The summed E-state index contributed by atoms with van der Waals surface area (Å²) in [6.07, 6.45) is 5.33. The average molecular weight is 315 g/mol. The smallest absolute Gasteiger partial charge is 0.248 e. The van der Waals surface area contributed by atoms with Gasteiger partial charge in [0.1, 0.15) is 18.0 Å². The molecule has 0 spiro atoms. The minimum absolute atomic E-state index is 0.0573. The van der Waals surface area contributed by atoms with Gasteiger partial charge in [0.2, 0.25) is 5.91 Å². The molecule has 0 radical (unpaired) electrons. The van der Waals surface area contributed by atoms with Crippen LogP contribution in [0.4, 0.5) is 0 Å². The van der Waals surface area contributed by atoms with Crippen LogP contribution in [-0.2, 0) is 16.0 Å². The highest BCUT2D eigenvalue weighted by molar-refractivity contribution is 5.77. The van der Waals surface area contributed by atoms with Crippen molar-refractivity contribution in [3.05, 3.63) is 29.8 Å². The van der Waals surface area contributed by atoms with E-state index in [0.717, 1.165) is 48.7 Å². The number of H-pyrrole nitrogens is 1. The lowest BCUT2D eigenvalue weighted by Crippen LogP contribution is -2.31. The number of hydrogen-bond acceptors (Lipinski definition) is 5. The third kappa shape index (κ3) is 3.73. The normalized spacial score (nSPS) is 17.7. The first-order valence-corrected chi connectivity index (χ1v) is 7.75. The number of carbonyl (C=O) groups excluding carboxylic acids is 1. The number of methoxy groups -OCH3 is 1. The molecular formula is C16H21N5O2. The van der Waals surface area contributed by atoms with E-state index in [0.29, 0.717) is 5.92 Å². The van der Waals surface area contributed by atoms with Gasteiger partial charge in [-0.2, -0.15) is 5.10 Å². The quantitative estimate of drug-likeness (QED) is 0.896. The summed E-state index contributed by atoms with van der Waals surface area (Å²) in [5, 5.41) is 7.14. The molecule has 1 aliphatic heterocycles. The molecule has 1 saturated heterocycles. The maximum absolute atomic E-state index is 11.8. The van der Waals surface area contributed by atoms with Crippen LogP contribution in [0.1, 0.15) is 17.8 Å². The first kappa shape index (κ1) is 15.6. The molecule has 7 nitrogen and oxygen atoms in total. The molecule has 1 atom stereocenters. The third-order valence-corrected chi connectivity index (χ3v) is 4.06. The van der Waals surface area contributed by atoms with Gasteiger partial charge in [0.05, 0.1) is 11.9 Å². The standard InChI is InChI=1S/C16H21N5O2/c1-11-5-14(20-19-11)15-8-17-7-13(18-15)6-12-3-4-21(9-12)16(22)10-23-2/h5,7-8,12H,3-4,6,9-10H2,1-2H3,(H,19,20)/t12-/m1/s1. The van der Waals surface area contributed by atoms with Crippen LogP contribution in [0.15, 0.2) is 18.5 Å². The molecule has 23 heavy (non-hydrogen) atoms. The molecular weight excluding hydrogens is 294 g/mol. The van der Waals surface area contributed by atoms with Crippen molar-refractivity contribution in [2.75, 3.05) is 26.8 Å². The molecule has 1 amide bonds. The van der Waals surface area contributed by atoms with Gasteiger partial charge in [-0.25, -0.2) is 4.98 Å². The summed E-state index contributed by atoms with van der Waals surface area (Å²) < 4.78 is 4.91. The van der Waals surface area contributed by atoms with Gasteiger partial charge >= 0.3 is 0 Å². The van der Waals surface area contributed by atoms with Crippen LogP contribution in [0.25, 0.3) is 11.4 Å². The fourth-order valence-electron chi connectivity index (χ4n) is 2.91. The van der Waals surface area contributed by atoms with Gasteiger partial charge in [0, 0.05) is 32.1 Å². The van der Waals surface area contributed by atoms with E-state index < -0.39 is 0 Å². The van der Waals surface area contributed by atoms with Crippen molar-refractivity contribution in [3.8, 4) is 11.4 Å². The maximum Gasteiger partial charge on any atom is 0.248 e. The minimum atomic E-state index is 0.0573. The van der Waals surface area contributed by atoms with E-state index >= 15 is 0 Å². The van der Waals surface area contributed by atoms with Gasteiger partial charge < -0.3 is 9.64 Å². The van der Waals surface area contributed by atoms with Crippen molar-refractivity contribution >= 4 is 5.91 Å². The first-order valence-electron chi connectivity index (χ1n) is 7.75. The van der Waals surface area contributed by atoms with Crippen LogP contribution < -0.4 is 0 Å². The summed E-state index contributed by atoms with van der Waals surface area (Å²) >= 11 is 0. The number of nitrogens with one attached hydrogen (secondary N) is 1. The number of hydrogen-bond donors (Lipinski definition) is 1. The summed E-state index contributed by atoms with van der Waals surface area (Å²) in [4.78, 5) is 22.6. The Labute approximate surface area is 135 Å². The van der Waals surface area contributed by atoms with Crippen molar-refractivity contribution in [1.82, 2.24) is 25.1 Å². The average Bonchev–Trinajstić information content (AvgIpc) is 3.17. The molecule has 0 unspecified atom stereocenters. The number of ether oxygens (including phenoxy) is 1. The molecule has 0 saturated carbocycles. The van der Waals surface area contributed by atoms with E-state index in [-0.39, 0.29) is 12.5 Å². The number of aromatic amines is 1. The van der Waals surface area contributed by atoms with Crippen molar-refractivity contribution < 1.29 is 9.53 Å². The van der Waals surface area contributed by atoms with Crippen LogP contribution in [0.2, 0.25) is 0 Å². The molecule has 2 aromatic heterocycles. The summed E-state index contributed by atoms with van der Waals surface area (Å²) in [5.41, 5.74) is 3.52. The number of nitrogens with zero attached hydrogens (tertiary/aromatic N) is 4. The molecule has 2 aromatic rings. The van der Waals surface area contributed by atoms with Gasteiger partial charge in [-0.3, -0.25) is 14.9 Å². The van der Waals surface area contributed by atoms with E-state index in [4.69, 9.17) is 4.74 Å². The van der Waals surface area contributed by atoms with Crippen molar-refractivity contribution in [2.45, 2.75) is 19.8 Å². The molecule has 0 aromatic carbocycles. The van der Waals surface area contributed by atoms with E-state index in [1.807, 2.05) is 17.9 Å². The van der Waals surface area contributed by atoms with Crippen molar-refractivity contribution in [1.29, 1.82) is 0 Å². The van der Waals surface area contributed by atoms with Gasteiger partial charge in [-0.1, -0.05) is 0 Å². The van der Waals surface area contributed by atoms with Crippen molar-refractivity contribution in [3.63, 3.8) is 0 Å². The number of amides is 1. The second-order valence-electron chi connectivity index (χ2n) is 5.96. The minimum Gasteiger partial charge on any atom is -0.375 e. The lowest BCUT2D eigenvalue weighted by molar-refractivity contribution is -0.134. The summed E-state index contributed by atoms with van der Waals surface area (Å²) in [5.74, 6) is 0.475. The zero-order valence-electron chi connectivity index (χ0n) is 13.5. The predicted octanol–water partition coefficient (Wildman–Crippen LogP) is 1.21. The van der Waals surface area contributed by atoms with E-state index in [9.17, 15) is 4.79 Å². The summed E-state index contributed by atoms with van der Waals surface area (Å²) in [7, 11) is 1.54. The van der Waals surface area contributed by atoms with Gasteiger partial charge in [0.25, 0.3) is 0 Å². The van der Waals surface area contributed by atoms with Crippen molar-refractivity contribution in [2.24, 2.45) is 5.92 Å². The SMILES string of the molecule is COCC(=O)N1CC[C@H](Cc2cncc(-c3cc(C)[nH]n3)n2)C1. The summed E-state index contributed by atoms with van der Waals surface area (Å²) in [6.45, 7) is 3.66. The van der Waals surface area contributed by atoms with Crippen LogP contribution in [0.5, 0.6) is 0 Å². The van der Waals surface area contributed by atoms with Crippen LogP contribution in [0, 0.1) is 12.8 Å². The highest BCUT2D eigenvalue weighted by atomic mass is 16.5. The molecule has 7 heteroatoms. The zero-order valence-corrected chi connectivity index (χ0v) is 13.5. The molecule has 1 aliphatic rings. The fraction of sp³-hybridized carbons (Fsp3) is 0.500. The Morgan fingerprint density at radius 3 is 3.04 bits per heavy atom. The molecule has 3 rings (SSSR count). The van der Waals surface area contributed by atoms with E-state index in [1.165, 1.54) is 0 Å². The topological polar surface area (TPSA) is 84.0 Å². The molecule has 1 N–H and O–H groups in total. The monoisotopic (exact) mass is 315 g/mol. The zero-order chi connectivity index (χ0) is 16.2. The molecule has 3 heterocycles. The number of carbonyl (C=O) groups is 1. The van der Waals surface area contributed by atoms with E-state index in [1.54, 1.807) is 19.5 Å². The Kier molecular flexibility index (Phi) is 4.66. The molecule has 122 valence electrons. The fourth-order valence-corrected chi connectivity index (χ4v) is 2.91. The van der Waals surface area contributed by atoms with Gasteiger partial charge in [0.15, 0.2) is 0 Å². The number of aryl methyl sites for hydroxylation is 1. The molecule has 1 fully saturated rings. The molecule has 0 aliphatic carbocycles. The highest BCUT2D eigenvalue weighted by Crippen LogP contribution is 2.21. The van der Waals surface area contributed by atoms with Crippen LogP contribution in [0.3, 0.4) is 0 Å². The predicted molar refractivity (Wildman–Crippen MR) is 84.6 cm³/mol. The number of rotatable bonds is 5. The van der Waals surface area contributed by atoms with Gasteiger partial charge in [-0.05, 0) is 31.7 Å². The Morgan fingerprint density at radius 1 is 1.43 bits per heavy atom. The Balaban J connectivity index is 1.64. The lowest BCUT2D eigenvalue weighted by atomic mass is 10.0. The summed E-state index contributed by atoms with van der Waals surface area (Å²) in [6, 6.07) is 1.95. The second kappa shape index (κ2) is 6.87. The second-order valence-corrected chi connectivity index (χ2v) is 5.96. The Hall–Kier alpha value is -2.28. The first-order chi connectivity index (χ1) is 11.2. The Bertz CT molecular complexity index is 685. The van der Waals surface area contributed by atoms with Gasteiger partial charge in [-0.15, -0.1) is 0 Å².